The Hall–Kier alpha value is -2.14. The molecule has 1 amide bonds. The van der Waals surface area contributed by atoms with E-state index < -0.39 is 0 Å². The Labute approximate surface area is 150 Å². The van der Waals surface area contributed by atoms with Crippen molar-refractivity contribution in [3.8, 4) is 0 Å². The fraction of sp³-hybridized carbons (Fsp3) is 0.500. The minimum Gasteiger partial charge on any atom is -0.352 e. The second-order valence-corrected chi connectivity index (χ2v) is 6.77. The lowest BCUT2D eigenvalue weighted by molar-refractivity contribution is 0.0951. The van der Waals surface area contributed by atoms with Gasteiger partial charge in [0.15, 0.2) is 0 Å². The van der Waals surface area contributed by atoms with Crippen LogP contribution in [0.5, 0.6) is 0 Å². The standard InChI is InChI=1S/C20H28N4O/c25-20(21-11-5-15-23-13-3-1-2-4-14-23)19-9-7-18(8-10-19)17-24-16-6-12-22-24/h6-10,12,16H,1-5,11,13-15,17H2,(H,21,25). The van der Waals surface area contributed by atoms with Crippen molar-refractivity contribution in [2.75, 3.05) is 26.2 Å². The monoisotopic (exact) mass is 340 g/mol. The highest BCUT2D eigenvalue weighted by Crippen LogP contribution is 2.10. The van der Waals surface area contributed by atoms with Crippen molar-refractivity contribution in [1.29, 1.82) is 0 Å². The van der Waals surface area contributed by atoms with Gasteiger partial charge in [-0.3, -0.25) is 9.48 Å². The molecule has 5 nitrogen and oxygen atoms in total. The van der Waals surface area contributed by atoms with E-state index >= 15 is 0 Å². The van der Waals surface area contributed by atoms with Crippen LogP contribution in [0.4, 0.5) is 0 Å². The van der Waals surface area contributed by atoms with Gasteiger partial charge in [0, 0.05) is 24.5 Å². The molecule has 2 heterocycles. The van der Waals surface area contributed by atoms with Crippen LogP contribution in [-0.2, 0) is 6.54 Å². The topological polar surface area (TPSA) is 50.2 Å². The smallest absolute Gasteiger partial charge is 0.251 e. The third-order valence-corrected chi connectivity index (χ3v) is 4.76. The summed E-state index contributed by atoms with van der Waals surface area (Å²) < 4.78 is 1.87. The van der Waals surface area contributed by atoms with Gasteiger partial charge in [-0.05, 0) is 62.7 Å². The van der Waals surface area contributed by atoms with Crippen molar-refractivity contribution in [3.05, 3.63) is 53.9 Å². The van der Waals surface area contributed by atoms with Crippen LogP contribution in [0.25, 0.3) is 0 Å². The van der Waals surface area contributed by atoms with Gasteiger partial charge < -0.3 is 10.2 Å². The minimum absolute atomic E-state index is 0.0153. The summed E-state index contributed by atoms with van der Waals surface area (Å²) in [6, 6.07) is 9.68. The Balaban J connectivity index is 1.39. The second-order valence-electron chi connectivity index (χ2n) is 6.77. The van der Waals surface area contributed by atoms with Crippen molar-refractivity contribution in [1.82, 2.24) is 20.0 Å². The third-order valence-electron chi connectivity index (χ3n) is 4.76. The largest absolute Gasteiger partial charge is 0.352 e. The molecule has 1 aromatic carbocycles. The number of aromatic nitrogens is 2. The Bertz CT molecular complexity index is 628. The van der Waals surface area contributed by atoms with Gasteiger partial charge in [-0.1, -0.05) is 25.0 Å². The van der Waals surface area contributed by atoms with Crippen LogP contribution in [0.1, 0.15) is 48.0 Å². The van der Waals surface area contributed by atoms with E-state index in [1.165, 1.54) is 38.8 Å². The lowest BCUT2D eigenvalue weighted by Gasteiger charge is -2.19. The summed E-state index contributed by atoms with van der Waals surface area (Å²) in [5, 5.41) is 7.23. The van der Waals surface area contributed by atoms with Crippen molar-refractivity contribution in [3.63, 3.8) is 0 Å². The Morgan fingerprint density at radius 2 is 1.84 bits per heavy atom. The zero-order valence-corrected chi connectivity index (χ0v) is 14.9. The molecule has 1 N–H and O–H groups in total. The SMILES string of the molecule is O=C(NCCCN1CCCCCC1)c1ccc(Cn2cccn2)cc1. The molecule has 5 heteroatoms. The Morgan fingerprint density at radius 1 is 1.08 bits per heavy atom. The van der Waals surface area contributed by atoms with Crippen molar-refractivity contribution in [2.24, 2.45) is 0 Å². The first-order valence-electron chi connectivity index (χ1n) is 9.38. The minimum atomic E-state index is 0.0153. The number of rotatable bonds is 7. The van der Waals surface area contributed by atoms with E-state index in [1.54, 1.807) is 6.20 Å². The number of carbonyl (C=O) groups is 1. The molecule has 0 spiro atoms. The summed E-state index contributed by atoms with van der Waals surface area (Å²) >= 11 is 0. The molecule has 134 valence electrons. The molecule has 2 aromatic rings. The highest BCUT2D eigenvalue weighted by atomic mass is 16.1. The molecule has 0 bridgehead atoms. The van der Waals surface area contributed by atoms with Gasteiger partial charge in [0.1, 0.15) is 0 Å². The lowest BCUT2D eigenvalue weighted by Crippen LogP contribution is -2.30. The number of hydrogen-bond donors (Lipinski definition) is 1. The number of amides is 1. The predicted octanol–water partition coefficient (Wildman–Crippen LogP) is 2.93. The molecule has 0 unspecified atom stereocenters. The summed E-state index contributed by atoms with van der Waals surface area (Å²) in [6.07, 6.45) is 10.1. The van der Waals surface area contributed by atoms with E-state index in [4.69, 9.17) is 0 Å². The van der Waals surface area contributed by atoms with E-state index in [-0.39, 0.29) is 5.91 Å². The van der Waals surface area contributed by atoms with Crippen LogP contribution < -0.4 is 5.32 Å². The summed E-state index contributed by atoms with van der Waals surface area (Å²) in [5.74, 6) is 0.0153. The van der Waals surface area contributed by atoms with Gasteiger partial charge in [-0.25, -0.2) is 0 Å². The lowest BCUT2D eigenvalue weighted by atomic mass is 10.1. The molecule has 0 atom stereocenters. The van der Waals surface area contributed by atoms with Gasteiger partial charge in [0.25, 0.3) is 5.91 Å². The fourth-order valence-electron chi connectivity index (χ4n) is 3.31. The average Bonchev–Trinajstić information content (AvgIpc) is 3.00. The highest BCUT2D eigenvalue weighted by molar-refractivity contribution is 5.94. The Morgan fingerprint density at radius 3 is 2.52 bits per heavy atom. The molecule has 25 heavy (non-hydrogen) atoms. The molecular formula is C20H28N4O. The summed E-state index contributed by atoms with van der Waals surface area (Å²) in [7, 11) is 0. The molecule has 1 saturated heterocycles. The third kappa shape index (κ3) is 5.71. The molecular weight excluding hydrogens is 312 g/mol. The molecule has 1 fully saturated rings. The van der Waals surface area contributed by atoms with Crippen LogP contribution in [0, 0.1) is 0 Å². The van der Waals surface area contributed by atoms with Gasteiger partial charge >= 0.3 is 0 Å². The number of benzene rings is 1. The van der Waals surface area contributed by atoms with E-state index in [0.29, 0.717) is 0 Å². The molecule has 0 saturated carbocycles. The Kier molecular flexibility index (Phi) is 6.63. The van der Waals surface area contributed by atoms with Crippen molar-refractivity contribution < 1.29 is 4.79 Å². The molecule has 0 aliphatic carbocycles. The first-order chi connectivity index (χ1) is 12.3. The van der Waals surface area contributed by atoms with Crippen molar-refractivity contribution >= 4 is 5.91 Å². The average molecular weight is 340 g/mol. The molecule has 3 rings (SSSR count). The highest BCUT2D eigenvalue weighted by Gasteiger charge is 2.09. The van der Waals surface area contributed by atoms with Gasteiger partial charge in [0.2, 0.25) is 0 Å². The second kappa shape index (κ2) is 9.37. The number of nitrogens with zero attached hydrogens (tertiary/aromatic N) is 3. The van der Waals surface area contributed by atoms with Crippen LogP contribution in [-0.4, -0.2) is 46.8 Å². The normalized spacial score (nSPS) is 15.7. The van der Waals surface area contributed by atoms with Crippen LogP contribution in [0.3, 0.4) is 0 Å². The number of likely N-dealkylation sites (tertiary alicyclic amines) is 1. The maximum atomic E-state index is 12.2. The number of carbonyl (C=O) groups excluding carboxylic acids is 1. The maximum Gasteiger partial charge on any atom is 0.251 e. The fourth-order valence-corrected chi connectivity index (χ4v) is 3.31. The summed E-state index contributed by atoms with van der Waals surface area (Å²) in [6.45, 7) is 4.98. The molecule has 1 aliphatic rings. The predicted molar refractivity (Wildman–Crippen MR) is 99.6 cm³/mol. The van der Waals surface area contributed by atoms with E-state index in [2.05, 4.69) is 15.3 Å². The van der Waals surface area contributed by atoms with Gasteiger partial charge in [-0.2, -0.15) is 5.10 Å². The zero-order chi connectivity index (χ0) is 17.3. The number of hydrogen-bond acceptors (Lipinski definition) is 3. The van der Waals surface area contributed by atoms with Crippen LogP contribution >= 0.6 is 0 Å². The van der Waals surface area contributed by atoms with Gasteiger partial charge in [0.05, 0.1) is 6.54 Å². The van der Waals surface area contributed by atoms with E-state index in [9.17, 15) is 4.79 Å². The first-order valence-corrected chi connectivity index (χ1v) is 9.38. The van der Waals surface area contributed by atoms with E-state index in [1.807, 2.05) is 41.2 Å². The maximum absolute atomic E-state index is 12.2. The molecule has 1 aromatic heterocycles. The van der Waals surface area contributed by atoms with Crippen LogP contribution in [0.2, 0.25) is 0 Å². The first kappa shape index (κ1) is 17.7. The summed E-state index contributed by atoms with van der Waals surface area (Å²) in [5.41, 5.74) is 1.86. The van der Waals surface area contributed by atoms with Gasteiger partial charge in [-0.15, -0.1) is 0 Å². The van der Waals surface area contributed by atoms with Crippen LogP contribution in [0.15, 0.2) is 42.7 Å². The molecule has 1 aliphatic heterocycles. The zero-order valence-electron chi connectivity index (χ0n) is 14.9. The number of nitrogens with one attached hydrogen (secondary N) is 1. The quantitative estimate of drug-likeness (QED) is 0.789. The van der Waals surface area contributed by atoms with Crippen molar-refractivity contribution in [2.45, 2.75) is 38.6 Å². The summed E-state index contributed by atoms with van der Waals surface area (Å²) in [4.78, 5) is 14.8. The van der Waals surface area contributed by atoms with E-state index in [0.717, 1.165) is 37.2 Å². The molecule has 0 radical (unpaired) electrons.